The normalized spacial score (nSPS) is 11.0. The van der Waals surface area contributed by atoms with Crippen LogP contribution in [0, 0.1) is 20.8 Å². The van der Waals surface area contributed by atoms with Crippen LogP contribution in [-0.4, -0.2) is 26.5 Å². The highest BCUT2D eigenvalue weighted by Crippen LogP contribution is 2.15. The minimum absolute atomic E-state index is 0.0453. The van der Waals surface area contributed by atoms with Crippen molar-refractivity contribution in [3.63, 3.8) is 0 Å². The molecule has 132 valence electrons. The van der Waals surface area contributed by atoms with E-state index in [0.29, 0.717) is 11.1 Å². The molecule has 25 heavy (non-hydrogen) atoms. The van der Waals surface area contributed by atoms with Gasteiger partial charge in [0, 0.05) is 17.4 Å². The zero-order valence-electron chi connectivity index (χ0n) is 14.5. The van der Waals surface area contributed by atoms with Gasteiger partial charge in [-0.1, -0.05) is 23.8 Å². The number of benzene rings is 2. The van der Waals surface area contributed by atoms with Crippen molar-refractivity contribution in [2.24, 2.45) is 0 Å². The molecular weight excluding hydrogens is 340 g/mol. The van der Waals surface area contributed by atoms with Gasteiger partial charge < -0.3 is 0 Å². The van der Waals surface area contributed by atoms with Crippen LogP contribution in [0.4, 0.5) is 0 Å². The molecule has 0 heterocycles. The van der Waals surface area contributed by atoms with Crippen molar-refractivity contribution in [1.82, 2.24) is 10.9 Å². The quantitative estimate of drug-likeness (QED) is 0.820. The number of sulfone groups is 1. The van der Waals surface area contributed by atoms with Gasteiger partial charge in [0.05, 0.1) is 4.90 Å². The molecular formula is C18H20N2O4S. The maximum atomic E-state index is 12.3. The molecule has 2 aromatic rings. The second-order valence-corrected chi connectivity index (χ2v) is 7.99. The molecule has 2 amide bonds. The fraction of sp³-hybridized carbons (Fsp3) is 0.222. The van der Waals surface area contributed by atoms with Gasteiger partial charge in [-0.15, -0.1) is 0 Å². The van der Waals surface area contributed by atoms with Crippen molar-refractivity contribution in [3.05, 3.63) is 64.2 Å². The van der Waals surface area contributed by atoms with E-state index in [2.05, 4.69) is 10.9 Å². The summed E-state index contributed by atoms with van der Waals surface area (Å²) in [5, 5.41) is 0. The van der Waals surface area contributed by atoms with Crippen LogP contribution in [0.15, 0.2) is 41.3 Å². The number of amides is 2. The summed E-state index contributed by atoms with van der Waals surface area (Å²) in [6, 6.07) is 9.65. The third-order valence-electron chi connectivity index (χ3n) is 3.80. The van der Waals surface area contributed by atoms with E-state index in [1.807, 2.05) is 26.0 Å². The van der Waals surface area contributed by atoms with E-state index in [9.17, 15) is 18.0 Å². The summed E-state index contributed by atoms with van der Waals surface area (Å²) in [5.74, 6) is -1.02. The highest BCUT2D eigenvalue weighted by molar-refractivity contribution is 7.90. The van der Waals surface area contributed by atoms with Crippen LogP contribution < -0.4 is 10.9 Å². The van der Waals surface area contributed by atoms with Gasteiger partial charge in [-0.25, -0.2) is 8.42 Å². The lowest BCUT2D eigenvalue weighted by Gasteiger charge is -2.11. The number of rotatable bonds is 3. The summed E-state index contributed by atoms with van der Waals surface area (Å²) in [5.41, 5.74) is 7.75. The lowest BCUT2D eigenvalue weighted by atomic mass is 10.1. The predicted molar refractivity (Wildman–Crippen MR) is 95.1 cm³/mol. The Morgan fingerprint density at radius 3 is 1.96 bits per heavy atom. The van der Waals surface area contributed by atoms with E-state index in [-0.39, 0.29) is 10.5 Å². The maximum absolute atomic E-state index is 12.3. The van der Waals surface area contributed by atoms with Crippen LogP contribution in [0.5, 0.6) is 0 Å². The van der Waals surface area contributed by atoms with E-state index in [0.717, 1.165) is 17.4 Å². The smallest absolute Gasteiger partial charge is 0.267 e. The zero-order chi connectivity index (χ0) is 18.8. The Morgan fingerprint density at radius 2 is 1.40 bits per heavy atom. The van der Waals surface area contributed by atoms with Gasteiger partial charge >= 0.3 is 0 Å². The number of hydrogen-bond acceptors (Lipinski definition) is 4. The van der Waals surface area contributed by atoms with Crippen molar-refractivity contribution in [1.29, 1.82) is 0 Å². The number of hydrazine groups is 1. The molecule has 0 saturated carbocycles. The van der Waals surface area contributed by atoms with Gasteiger partial charge in [-0.05, 0) is 50.1 Å². The van der Waals surface area contributed by atoms with Crippen molar-refractivity contribution < 1.29 is 18.0 Å². The zero-order valence-corrected chi connectivity index (χ0v) is 15.3. The van der Waals surface area contributed by atoms with E-state index >= 15 is 0 Å². The van der Waals surface area contributed by atoms with Crippen molar-refractivity contribution in [2.75, 3.05) is 6.26 Å². The summed E-state index contributed by atoms with van der Waals surface area (Å²) in [6.07, 6.45) is 1.07. The molecule has 0 saturated heterocycles. The Labute approximate surface area is 147 Å². The maximum Gasteiger partial charge on any atom is 0.270 e. The first-order chi connectivity index (χ1) is 11.6. The molecule has 6 nitrogen and oxygen atoms in total. The second-order valence-electron chi connectivity index (χ2n) is 5.98. The van der Waals surface area contributed by atoms with Crippen molar-refractivity contribution >= 4 is 21.7 Å². The lowest BCUT2D eigenvalue weighted by Crippen LogP contribution is -2.42. The van der Waals surface area contributed by atoms with Crippen LogP contribution in [0.1, 0.15) is 37.4 Å². The Kier molecular flexibility index (Phi) is 5.27. The minimum Gasteiger partial charge on any atom is -0.267 e. The molecule has 7 heteroatoms. The number of hydrogen-bond donors (Lipinski definition) is 2. The van der Waals surface area contributed by atoms with Gasteiger partial charge in [0.15, 0.2) is 9.84 Å². The summed E-state index contributed by atoms with van der Waals surface area (Å²) in [7, 11) is -3.43. The Balaban J connectivity index is 2.16. The molecule has 0 fully saturated rings. The number of aryl methyl sites for hydroxylation is 3. The fourth-order valence-corrected chi connectivity index (χ4v) is 3.04. The molecule has 0 bridgehead atoms. The molecule has 2 aromatic carbocycles. The summed E-state index contributed by atoms with van der Waals surface area (Å²) >= 11 is 0. The van der Waals surface area contributed by atoms with Crippen molar-refractivity contribution in [3.8, 4) is 0 Å². The van der Waals surface area contributed by atoms with E-state index < -0.39 is 21.7 Å². The molecule has 0 aliphatic carbocycles. The minimum atomic E-state index is -3.43. The largest absolute Gasteiger partial charge is 0.270 e. The number of nitrogens with one attached hydrogen (secondary N) is 2. The number of carbonyl (C=O) groups excluding carboxylic acids is 2. The average molecular weight is 360 g/mol. The molecule has 0 atom stereocenters. The first kappa shape index (κ1) is 18.7. The summed E-state index contributed by atoms with van der Waals surface area (Å²) in [6.45, 7) is 5.42. The van der Waals surface area contributed by atoms with Crippen LogP contribution in [0.2, 0.25) is 0 Å². The highest BCUT2D eigenvalue weighted by Gasteiger charge is 2.16. The molecule has 0 aliphatic rings. The molecule has 0 unspecified atom stereocenters. The second kappa shape index (κ2) is 7.06. The Hall–Kier alpha value is -2.67. The first-order valence-electron chi connectivity index (χ1n) is 7.58. The Bertz CT molecular complexity index is 950. The van der Waals surface area contributed by atoms with E-state index in [1.165, 1.54) is 12.1 Å². The molecule has 2 rings (SSSR count). The van der Waals surface area contributed by atoms with Gasteiger partial charge in [0.1, 0.15) is 0 Å². The lowest BCUT2D eigenvalue weighted by molar-refractivity contribution is 0.0845. The topological polar surface area (TPSA) is 92.3 Å². The van der Waals surface area contributed by atoms with Gasteiger partial charge in [0.25, 0.3) is 11.8 Å². The van der Waals surface area contributed by atoms with Crippen LogP contribution in [0.25, 0.3) is 0 Å². The number of carbonyl (C=O) groups is 2. The standard InChI is InChI=1S/C18H20N2O4S/c1-11-5-8-15(13(3)9-11)17(21)19-20-18(22)16-10-14(25(4,23)24)7-6-12(16)2/h5-10H,1-4H3,(H,19,21)(H,20,22). The monoisotopic (exact) mass is 360 g/mol. The fourth-order valence-electron chi connectivity index (χ4n) is 2.39. The molecule has 0 aliphatic heterocycles. The van der Waals surface area contributed by atoms with Gasteiger partial charge in [-0.2, -0.15) is 0 Å². The molecule has 0 radical (unpaired) electrons. The van der Waals surface area contributed by atoms with Crippen LogP contribution in [-0.2, 0) is 9.84 Å². The predicted octanol–water partition coefficient (Wildman–Crippen LogP) is 2.09. The summed E-state index contributed by atoms with van der Waals surface area (Å²) in [4.78, 5) is 24.5. The molecule has 0 spiro atoms. The van der Waals surface area contributed by atoms with Crippen molar-refractivity contribution in [2.45, 2.75) is 25.7 Å². The summed E-state index contributed by atoms with van der Waals surface area (Å²) < 4.78 is 23.3. The third kappa shape index (κ3) is 4.45. The highest BCUT2D eigenvalue weighted by atomic mass is 32.2. The molecule has 0 aromatic heterocycles. The molecule has 2 N–H and O–H groups in total. The third-order valence-corrected chi connectivity index (χ3v) is 4.91. The van der Waals surface area contributed by atoms with E-state index in [1.54, 1.807) is 19.1 Å². The SMILES string of the molecule is Cc1ccc(C(=O)NNC(=O)c2cc(S(C)(=O)=O)ccc2C)c(C)c1. The Morgan fingerprint density at radius 1 is 0.800 bits per heavy atom. The first-order valence-corrected chi connectivity index (χ1v) is 9.47. The van der Waals surface area contributed by atoms with Gasteiger partial charge in [-0.3, -0.25) is 20.4 Å². The van der Waals surface area contributed by atoms with Crippen LogP contribution >= 0.6 is 0 Å². The van der Waals surface area contributed by atoms with Gasteiger partial charge in [0.2, 0.25) is 0 Å². The van der Waals surface area contributed by atoms with Crippen LogP contribution in [0.3, 0.4) is 0 Å². The van der Waals surface area contributed by atoms with E-state index in [4.69, 9.17) is 0 Å². The average Bonchev–Trinajstić information content (AvgIpc) is 2.51.